The number of sulfonamides is 1. The van der Waals surface area contributed by atoms with E-state index in [2.05, 4.69) is 5.32 Å². The number of rotatable bonds is 5. The van der Waals surface area contributed by atoms with Crippen molar-refractivity contribution in [3.8, 4) is 0 Å². The van der Waals surface area contributed by atoms with Gasteiger partial charge in [0.15, 0.2) is 0 Å². The van der Waals surface area contributed by atoms with Gasteiger partial charge in [-0.3, -0.25) is 9.59 Å². The molecular weight excluding hydrogens is 476 g/mol. The lowest BCUT2D eigenvalue weighted by Crippen LogP contribution is -2.17. The van der Waals surface area contributed by atoms with Crippen LogP contribution in [0.5, 0.6) is 0 Å². The molecule has 0 saturated heterocycles. The summed E-state index contributed by atoms with van der Waals surface area (Å²) in [6.45, 7) is 3.28. The number of hydrogen-bond donors (Lipinski definition) is 3. The van der Waals surface area contributed by atoms with Gasteiger partial charge in [-0.15, -0.1) is 0 Å². The van der Waals surface area contributed by atoms with E-state index in [9.17, 15) is 22.8 Å². The van der Waals surface area contributed by atoms with Gasteiger partial charge in [0, 0.05) is 42.0 Å². The molecule has 0 fully saturated rings. The van der Waals surface area contributed by atoms with Gasteiger partial charge in [-0.05, 0) is 24.3 Å². The monoisotopic (exact) mass is 504 g/mol. The van der Waals surface area contributed by atoms with Crippen LogP contribution in [0.1, 0.15) is 30.0 Å². The van der Waals surface area contributed by atoms with Crippen LogP contribution in [0, 0.1) is 0 Å². The zero-order chi connectivity index (χ0) is 25.9. The second-order valence-corrected chi connectivity index (χ2v) is 8.88. The summed E-state index contributed by atoms with van der Waals surface area (Å²) in [5, 5.41) is 16.8. The maximum absolute atomic E-state index is 11.3. The molecule has 13 heteroatoms. The lowest BCUT2D eigenvalue weighted by Gasteiger charge is -2.11. The van der Waals surface area contributed by atoms with Gasteiger partial charge in [0.05, 0.1) is 29.1 Å². The fraction of sp³-hybridized carbons (Fsp3) is 0.350. The van der Waals surface area contributed by atoms with Crippen LogP contribution in [0.3, 0.4) is 0 Å². The van der Waals surface area contributed by atoms with Gasteiger partial charge in [0.25, 0.3) is 0 Å². The third-order valence-electron chi connectivity index (χ3n) is 3.90. The molecular formula is C20H29ClN4O7S. The van der Waals surface area contributed by atoms with E-state index in [0.717, 1.165) is 6.07 Å². The second-order valence-electron chi connectivity index (χ2n) is 6.94. The summed E-state index contributed by atoms with van der Waals surface area (Å²) in [4.78, 5) is 34.0. The number of carboxylic acids is 1. The number of amides is 2. The molecule has 184 valence electrons. The first-order valence-electron chi connectivity index (χ1n) is 9.29. The standard InChI is InChI=1S/C12H11ClN2O5S.2C4H9NO/c13-9-5-10(15-6-7-2-1-3-20-7)8(12(16)17)4-11(9)21(14,18)19;2*1-4(6)5(2)3/h1-5,15H,6H2,(H,16,17)(H2,14,18,19);2*1-3H3. The predicted octanol–water partition coefficient (Wildman–Crippen LogP) is 2.08. The van der Waals surface area contributed by atoms with Crippen molar-refractivity contribution in [1.82, 2.24) is 9.80 Å². The number of aromatic carboxylic acids is 1. The van der Waals surface area contributed by atoms with Gasteiger partial charge in [-0.2, -0.15) is 0 Å². The summed E-state index contributed by atoms with van der Waals surface area (Å²) >= 11 is 5.84. The Hall–Kier alpha value is -3.09. The Morgan fingerprint density at radius 2 is 1.58 bits per heavy atom. The number of anilines is 1. The van der Waals surface area contributed by atoms with E-state index in [1.165, 1.54) is 36.0 Å². The lowest BCUT2D eigenvalue weighted by molar-refractivity contribution is -0.127. The minimum absolute atomic E-state index is 0.0926. The molecule has 1 heterocycles. The molecule has 2 aromatic rings. The SMILES string of the molecule is CC(=O)N(C)C.CC(=O)N(C)C.NS(=O)(=O)c1cc(C(=O)O)c(NCc2ccco2)cc1Cl. The third kappa shape index (κ3) is 11.4. The molecule has 1 aromatic heterocycles. The number of furan rings is 1. The molecule has 0 radical (unpaired) electrons. The van der Waals surface area contributed by atoms with E-state index in [-0.39, 0.29) is 34.6 Å². The highest BCUT2D eigenvalue weighted by molar-refractivity contribution is 7.89. The highest BCUT2D eigenvalue weighted by Crippen LogP contribution is 2.28. The Morgan fingerprint density at radius 3 is 1.91 bits per heavy atom. The summed E-state index contributed by atoms with van der Waals surface area (Å²) in [5.41, 5.74) is -0.0914. The third-order valence-corrected chi connectivity index (χ3v) is 5.28. The first-order valence-corrected chi connectivity index (χ1v) is 11.2. The Bertz CT molecular complexity index is 1030. The van der Waals surface area contributed by atoms with Crippen LogP contribution in [0.2, 0.25) is 5.02 Å². The molecule has 2 rings (SSSR count). The smallest absolute Gasteiger partial charge is 0.337 e. The van der Waals surface area contributed by atoms with Crippen LogP contribution in [0.25, 0.3) is 0 Å². The first-order chi connectivity index (χ1) is 15.1. The van der Waals surface area contributed by atoms with Crippen molar-refractivity contribution >= 4 is 45.1 Å². The van der Waals surface area contributed by atoms with Crippen molar-refractivity contribution in [1.29, 1.82) is 0 Å². The van der Waals surface area contributed by atoms with E-state index >= 15 is 0 Å². The maximum Gasteiger partial charge on any atom is 0.337 e. The average Bonchev–Trinajstić information content (AvgIpc) is 3.19. The van der Waals surface area contributed by atoms with Crippen LogP contribution in [0.15, 0.2) is 39.8 Å². The number of carbonyl (C=O) groups is 3. The number of carboxylic acid groups (broad SMARTS) is 1. The molecule has 2 amide bonds. The highest BCUT2D eigenvalue weighted by Gasteiger charge is 2.20. The van der Waals surface area contributed by atoms with E-state index in [1.807, 2.05) is 0 Å². The molecule has 0 bridgehead atoms. The van der Waals surface area contributed by atoms with E-state index < -0.39 is 20.9 Å². The van der Waals surface area contributed by atoms with E-state index in [0.29, 0.717) is 5.76 Å². The Kier molecular flexibility index (Phi) is 12.2. The second kappa shape index (κ2) is 13.5. The number of hydrogen-bond acceptors (Lipinski definition) is 7. The van der Waals surface area contributed by atoms with Crippen LogP contribution in [-0.4, -0.2) is 69.3 Å². The molecule has 0 spiro atoms. The Balaban J connectivity index is 0.000000705. The minimum atomic E-state index is -4.11. The molecule has 4 N–H and O–H groups in total. The van der Waals surface area contributed by atoms with Gasteiger partial charge in [-0.25, -0.2) is 18.4 Å². The van der Waals surface area contributed by atoms with Gasteiger partial charge in [0.2, 0.25) is 21.8 Å². The summed E-state index contributed by atoms with van der Waals surface area (Å²) in [7, 11) is 2.79. The highest BCUT2D eigenvalue weighted by atomic mass is 35.5. The maximum atomic E-state index is 11.3. The van der Waals surface area contributed by atoms with Crippen molar-refractivity contribution in [2.45, 2.75) is 25.3 Å². The quantitative estimate of drug-likeness (QED) is 0.557. The summed E-state index contributed by atoms with van der Waals surface area (Å²) in [5.74, 6) is -0.540. The van der Waals surface area contributed by atoms with E-state index in [4.69, 9.17) is 26.3 Å². The number of carbonyl (C=O) groups excluding carboxylic acids is 2. The molecule has 11 nitrogen and oxygen atoms in total. The zero-order valence-electron chi connectivity index (χ0n) is 19.2. The van der Waals surface area contributed by atoms with E-state index in [1.54, 1.807) is 40.3 Å². The number of halogens is 1. The Labute approximate surface area is 198 Å². The van der Waals surface area contributed by atoms with Gasteiger partial charge < -0.3 is 24.6 Å². The van der Waals surface area contributed by atoms with Crippen molar-refractivity contribution in [3.63, 3.8) is 0 Å². The average molecular weight is 505 g/mol. The lowest BCUT2D eigenvalue weighted by atomic mass is 10.1. The topological polar surface area (TPSA) is 163 Å². The molecule has 0 unspecified atom stereocenters. The predicted molar refractivity (Wildman–Crippen MR) is 125 cm³/mol. The normalized spacial score (nSPS) is 10.1. The summed E-state index contributed by atoms with van der Waals surface area (Å²) in [6, 6.07) is 5.51. The first kappa shape index (κ1) is 29.9. The van der Waals surface area contributed by atoms with Crippen LogP contribution in [0.4, 0.5) is 5.69 Å². The van der Waals surface area contributed by atoms with Crippen molar-refractivity contribution in [2.75, 3.05) is 33.5 Å². The number of primary sulfonamides is 1. The number of nitrogens with two attached hydrogens (primary N) is 1. The van der Waals surface area contributed by atoms with Gasteiger partial charge >= 0.3 is 5.97 Å². The molecule has 0 atom stereocenters. The molecule has 1 aromatic carbocycles. The number of nitrogens with one attached hydrogen (secondary N) is 1. The number of nitrogens with zero attached hydrogens (tertiary/aromatic N) is 2. The van der Waals surface area contributed by atoms with Gasteiger partial charge in [-0.1, -0.05) is 11.6 Å². The fourth-order valence-electron chi connectivity index (χ4n) is 1.69. The largest absolute Gasteiger partial charge is 0.478 e. The van der Waals surface area contributed by atoms with Crippen molar-refractivity contribution in [2.24, 2.45) is 5.14 Å². The molecule has 33 heavy (non-hydrogen) atoms. The summed E-state index contributed by atoms with van der Waals surface area (Å²) in [6.07, 6.45) is 1.48. The molecule has 0 aliphatic carbocycles. The van der Waals surface area contributed by atoms with Crippen molar-refractivity contribution in [3.05, 3.63) is 46.9 Å². The Morgan fingerprint density at radius 1 is 1.09 bits per heavy atom. The van der Waals surface area contributed by atoms with Gasteiger partial charge in [0.1, 0.15) is 10.7 Å². The molecule has 0 aliphatic rings. The number of benzene rings is 1. The van der Waals surface area contributed by atoms with Crippen LogP contribution in [-0.2, 0) is 26.2 Å². The minimum Gasteiger partial charge on any atom is -0.478 e. The zero-order valence-corrected chi connectivity index (χ0v) is 20.8. The molecule has 0 saturated carbocycles. The van der Waals surface area contributed by atoms with Crippen LogP contribution >= 0.6 is 11.6 Å². The summed E-state index contributed by atoms with van der Waals surface area (Å²) < 4.78 is 27.8. The van der Waals surface area contributed by atoms with Crippen LogP contribution < -0.4 is 10.5 Å². The fourth-order valence-corrected chi connectivity index (χ4v) is 2.79. The molecule has 0 aliphatic heterocycles. The van der Waals surface area contributed by atoms with Crippen molar-refractivity contribution < 1.29 is 32.3 Å².